The van der Waals surface area contributed by atoms with E-state index in [1.165, 1.54) is 0 Å². The van der Waals surface area contributed by atoms with E-state index in [1.807, 2.05) is 0 Å². The van der Waals surface area contributed by atoms with Crippen molar-refractivity contribution in [2.75, 3.05) is 14.2 Å². The molecule has 0 saturated carbocycles. The molecule has 0 heterocycles. The zero-order chi connectivity index (χ0) is 11.2. The Morgan fingerprint density at radius 3 is 0.600 bits per heavy atom. The van der Waals surface area contributed by atoms with Crippen LogP contribution in [-0.4, -0.2) is 95.7 Å². The third-order valence-electron chi connectivity index (χ3n) is 0. The van der Waals surface area contributed by atoms with Crippen molar-refractivity contribution in [1.29, 1.82) is 0 Å². The Kier molecular flexibility index (Phi) is 182. The maximum atomic E-state index is 8.33. The summed E-state index contributed by atoms with van der Waals surface area (Å²) in [5.41, 5.74) is 0. The van der Waals surface area contributed by atoms with Gasteiger partial charge >= 0.3 is 69.2 Å². The van der Waals surface area contributed by atoms with E-state index in [0.29, 0.717) is 0 Å². The molecule has 76 valence electrons. The molecule has 0 aromatic heterocycles. The van der Waals surface area contributed by atoms with E-state index in [9.17, 15) is 0 Å². The summed E-state index contributed by atoms with van der Waals surface area (Å²) in [6.45, 7) is 0. The molecule has 0 aliphatic heterocycles. The van der Waals surface area contributed by atoms with Gasteiger partial charge in [-0.25, -0.2) is 0 Å². The summed E-state index contributed by atoms with van der Waals surface area (Å²) in [7, 11) is 1.50. The molecule has 8 nitrogen and oxygen atoms in total. The first-order valence-corrected chi connectivity index (χ1v) is 2.04. The minimum Gasteiger partial charge on any atom is -0.857 e. The molecule has 0 aromatic rings. The van der Waals surface area contributed by atoms with E-state index in [1.54, 1.807) is 0 Å². The average Bonchev–Trinajstić information content (AvgIpc) is 1.93. The first-order chi connectivity index (χ1) is 5.46. The van der Waals surface area contributed by atoms with Crippen molar-refractivity contribution in [1.82, 2.24) is 0 Å². The van der Waals surface area contributed by atoms with Crippen LogP contribution in [0, 0.1) is 0 Å². The Morgan fingerprint density at radius 1 is 0.600 bits per heavy atom. The molecule has 0 saturated heterocycles. The van der Waals surface area contributed by atoms with Crippen LogP contribution in [0.4, 0.5) is 9.59 Å². The molecule has 15 heavy (non-hydrogen) atoms. The molecule has 0 N–H and O–H groups in total. The fraction of sp³-hybridized carbons (Fsp3) is 0.500. The largest absolute Gasteiger partial charge is 2.00 e. The van der Waals surface area contributed by atoms with Gasteiger partial charge in [0.15, 0.2) is 0 Å². The molecule has 0 radical (unpaired) electrons. The number of carboxylic acid groups (broad SMARTS) is 4. The smallest absolute Gasteiger partial charge is 0.857 e. The third kappa shape index (κ3) is 4170. The predicted molar refractivity (Wildman–Crippen MR) is 39.9 cm³/mol. The molecule has 0 aliphatic carbocycles. The fourth-order valence-electron chi connectivity index (χ4n) is 0. The summed E-state index contributed by atoms with van der Waals surface area (Å²) in [6.07, 6.45) is -4.67. The van der Waals surface area contributed by atoms with Crippen LogP contribution in [0.25, 0.3) is 0 Å². The maximum Gasteiger partial charge on any atom is 2.00 e. The van der Waals surface area contributed by atoms with E-state index in [0.717, 1.165) is 14.2 Å². The Balaban J connectivity index is -0.0000000112. The normalized spacial score (nSPS) is 4.00. The molecule has 0 rings (SSSR count). The van der Waals surface area contributed by atoms with Crippen LogP contribution in [-0.2, 0) is 0 Å². The van der Waals surface area contributed by atoms with Crippen LogP contribution in [0.2, 0.25) is 0 Å². The second kappa shape index (κ2) is 61.2. The van der Waals surface area contributed by atoms with Gasteiger partial charge in [0.05, 0.1) is 0 Å². The summed E-state index contributed by atoms with van der Waals surface area (Å²) in [5.74, 6) is 0. The van der Waals surface area contributed by atoms with Crippen LogP contribution in [0.1, 0.15) is 0 Å². The molecule has 0 atom stereocenters. The standard InChI is InChI=1S/2CH2O3.2CH3O.3Mg/c2*2-1(3)4;2*1-2;;;/h2*(H2,2,3,4);2*1H3;;;/q;;2*-1;3*+2/p-4. The van der Waals surface area contributed by atoms with Crippen molar-refractivity contribution in [2.24, 2.45) is 0 Å². The Morgan fingerprint density at radius 2 is 0.600 bits per heavy atom. The van der Waals surface area contributed by atoms with Gasteiger partial charge in [-0.1, -0.05) is 0 Å². The third-order valence-corrected chi connectivity index (χ3v) is 0. The first-order valence-electron chi connectivity index (χ1n) is 2.04. The SMILES string of the molecule is C[O-].C[O-].O=C([O-])[O-].O=C([O-])[O-].[Mg+2].[Mg+2].[Mg+2]. The van der Waals surface area contributed by atoms with E-state index in [-0.39, 0.29) is 69.2 Å². The predicted octanol–water partition coefficient (Wildman–Crippen LogP) is -8.08. The van der Waals surface area contributed by atoms with E-state index in [2.05, 4.69) is 0 Å². The van der Waals surface area contributed by atoms with Crippen molar-refractivity contribution in [3.05, 3.63) is 0 Å². The summed E-state index contributed by atoms with van der Waals surface area (Å²) < 4.78 is 0. The average molecular weight is 255 g/mol. The monoisotopic (exact) mass is 254 g/mol. The van der Waals surface area contributed by atoms with E-state index < -0.39 is 12.3 Å². The van der Waals surface area contributed by atoms with Crippen molar-refractivity contribution in [2.45, 2.75) is 0 Å². The summed E-state index contributed by atoms with van der Waals surface area (Å²) >= 11 is 0. The number of rotatable bonds is 0. The molecule has 0 fully saturated rings. The molecule has 0 aliphatic rings. The second-order valence-corrected chi connectivity index (χ2v) is 0.500. The summed E-state index contributed by atoms with van der Waals surface area (Å²) in [5, 5.41) is 49.8. The Bertz CT molecular complexity index is 79.9. The molecule has 0 aromatic carbocycles. The zero-order valence-corrected chi connectivity index (χ0v) is 12.6. The summed E-state index contributed by atoms with van der Waals surface area (Å²) in [4.78, 5) is 16.7. The second-order valence-electron chi connectivity index (χ2n) is 0.500. The zero-order valence-electron chi connectivity index (χ0n) is 8.39. The van der Waals surface area contributed by atoms with Gasteiger partial charge in [0, 0.05) is 0 Å². The van der Waals surface area contributed by atoms with Gasteiger partial charge in [0.1, 0.15) is 0 Å². The maximum absolute atomic E-state index is 8.33. The Hall–Kier alpha value is 0.759. The van der Waals surface area contributed by atoms with Gasteiger partial charge in [-0.05, 0) is 12.3 Å². The number of carbonyl (C=O) groups is 2. The number of hydrogen-bond acceptors (Lipinski definition) is 8. The van der Waals surface area contributed by atoms with Crippen LogP contribution >= 0.6 is 0 Å². The van der Waals surface area contributed by atoms with Crippen molar-refractivity contribution in [3.8, 4) is 0 Å². The first kappa shape index (κ1) is 44.7. The number of hydrogen-bond donors (Lipinski definition) is 0. The topological polar surface area (TPSA) is 172 Å². The van der Waals surface area contributed by atoms with Crippen LogP contribution in [0.3, 0.4) is 0 Å². The Labute approximate surface area is 135 Å². The molecule has 11 heteroatoms. The van der Waals surface area contributed by atoms with Gasteiger partial charge in [-0.2, -0.15) is 14.2 Å². The molecule has 0 unspecified atom stereocenters. The minimum atomic E-state index is -2.33. The fourth-order valence-corrected chi connectivity index (χ4v) is 0. The van der Waals surface area contributed by atoms with Gasteiger partial charge < -0.3 is 40.2 Å². The van der Waals surface area contributed by atoms with Crippen LogP contribution in [0.5, 0.6) is 0 Å². The molecular formula is C4H6Mg3O8. The molecule has 0 spiro atoms. The van der Waals surface area contributed by atoms with Crippen molar-refractivity contribution >= 4 is 81.5 Å². The van der Waals surface area contributed by atoms with Gasteiger partial charge in [0.2, 0.25) is 0 Å². The van der Waals surface area contributed by atoms with Gasteiger partial charge in [-0.3, -0.25) is 0 Å². The quantitative estimate of drug-likeness (QED) is 0.383. The van der Waals surface area contributed by atoms with Gasteiger partial charge in [-0.15, -0.1) is 0 Å². The minimum absolute atomic E-state index is 0. The number of carbonyl (C=O) groups excluding carboxylic acids is 2. The van der Waals surface area contributed by atoms with Gasteiger partial charge in [0.25, 0.3) is 0 Å². The molecule has 0 amide bonds. The van der Waals surface area contributed by atoms with Crippen LogP contribution in [0.15, 0.2) is 0 Å². The van der Waals surface area contributed by atoms with E-state index >= 15 is 0 Å². The molecule has 0 bridgehead atoms. The van der Waals surface area contributed by atoms with E-state index in [4.69, 9.17) is 40.2 Å². The molecular weight excluding hydrogens is 249 g/mol. The van der Waals surface area contributed by atoms with Crippen molar-refractivity contribution in [3.63, 3.8) is 0 Å². The van der Waals surface area contributed by atoms with Crippen molar-refractivity contribution < 1.29 is 40.2 Å². The summed E-state index contributed by atoms with van der Waals surface area (Å²) in [6, 6.07) is 0. The van der Waals surface area contributed by atoms with Crippen LogP contribution < -0.4 is 30.6 Å².